The quantitative estimate of drug-likeness (QED) is 0.292. The zero-order valence-corrected chi connectivity index (χ0v) is 18.0. The lowest BCUT2D eigenvalue weighted by Crippen LogP contribution is -2.45. The van der Waals surface area contributed by atoms with Crippen LogP contribution < -0.4 is 10.2 Å². The Bertz CT molecular complexity index is 994. The third-order valence-electron chi connectivity index (χ3n) is 4.95. The molecular weight excluding hydrogens is 408 g/mol. The number of rotatable bonds is 8. The molecule has 1 N–H and O–H groups in total. The summed E-state index contributed by atoms with van der Waals surface area (Å²) < 4.78 is 5.25. The predicted octanol–water partition coefficient (Wildman–Crippen LogP) is 2.60. The smallest absolute Gasteiger partial charge is 0.340 e. The third-order valence-corrected chi connectivity index (χ3v) is 4.95. The van der Waals surface area contributed by atoms with Crippen molar-refractivity contribution in [3.63, 3.8) is 0 Å². The molecule has 9 heteroatoms. The summed E-state index contributed by atoms with van der Waals surface area (Å²) in [6.07, 6.45) is 6.63. The minimum Gasteiger partial charge on any atom is -0.462 e. The number of amides is 1. The van der Waals surface area contributed by atoms with Crippen LogP contribution in [0.3, 0.4) is 0 Å². The van der Waals surface area contributed by atoms with Crippen LogP contribution in [0.4, 0.5) is 11.6 Å². The summed E-state index contributed by atoms with van der Waals surface area (Å²) in [5, 5.41) is 12.2. The van der Waals surface area contributed by atoms with Gasteiger partial charge in [-0.15, -0.1) is 0 Å². The number of anilines is 2. The number of unbranched alkanes of at least 4 members (excludes halogenated alkanes) is 1. The van der Waals surface area contributed by atoms with Gasteiger partial charge in [0.15, 0.2) is 0 Å². The van der Waals surface area contributed by atoms with Gasteiger partial charge in [-0.1, -0.05) is 25.5 Å². The second-order valence-corrected chi connectivity index (χ2v) is 7.22. The van der Waals surface area contributed by atoms with Gasteiger partial charge in [0, 0.05) is 44.8 Å². The largest absolute Gasteiger partial charge is 0.462 e. The molecule has 1 aliphatic rings. The van der Waals surface area contributed by atoms with Crippen LogP contribution in [-0.2, 0) is 9.53 Å². The van der Waals surface area contributed by atoms with Crippen LogP contribution >= 0.6 is 0 Å². The molecule has 0 saturated carbocycles. The van der Waals surface area contributed by atoms with E-state index in [0.29, 0.717) is 44.4 Å². The molecule has 0 bridgehead atoms. The van der Waals surface area contributed by atoms with Crippen molar-refractivity contribution in [2.24, 2.45) is 0 Å². The normalized spacial score (nSPS) is 13.9. The summed E-state index contributed by atoms with van der Waals surface area (Å²) in [5.41, 5.74) is 0.528. The van der Waals surface area contributed by atoms with E-state index < -0.39 is 11.9 Å². The Morgan fingerprint density at radius 1 is 1.16 bits per heavy atom. The number of aromatic nitrogens is 2. The first-order valence-corrected chi connectivity index (χ1v) is 10.6. The van der Waals surface area contributed by atoms with E-state index in [1.54, 1.807) is 48.9 Å². The summed E-state index contributed by atoms with van der Waals surface area (Å²) in [4.78, 5) is 37.6. The number of para-hydroxylation sites is 1. The molecule has 0 atom stereocenters. The molecule has 0 aliphatic carbocycles. The van der Waals surface area contributed by atoms with Gasteiger partial charge >= 0.3 is 5.97 Å². The molecule has 1 amide bonds. The first kappa shape index (κ1) is 22.7. The van der Waals surface area contributed by atoms with Gasteiger partial charge < -0.3 is 19.9 Å². The van der Waals surface area contributed by atoms with Gasteiger partial charge in [0.05, 0.1) is 17.9 Å². The van der Waals surface area contributed by atoms with E-state index in [1.165, 1.54) is 0 Å². The summed E-state index contributed by atoms with van der Waals surface area (Å²) in [7, 11) is 0. The highest BCUT2D eigenvalue weighted by molar-refractivity contribution is 6.09. The zero-order valence-electron chi connectivity index (χ0n) is 18.0. The average molecular weight is 435 g/mol. The molecule has 2 aromatic rings. The molecule has 0 spiro atoms. The van der Waals surface area contributed by atoms with E-state index >= 15 is 0 Å². The first-order chi connectivity index (χ1) is 15.6. The molecule has 1 aliphatic heterocycles. The van der Waals surface area contributed by atoms with Crippen molar-refractivity contribution in [1.29, 1.82) is 5.26 Å². The monoisotopic (exact) mass is 434 g/mol. The van der Waals surface area contributed by atoms with Crippen LogP contribution in [0.2, 0.25) is 0 Å². The molecule has 0 unspecified atom stereocenters. The number of nitrogens with zero attached hydrogens (tertiary/aromatic N) is 5. The van der Waals surface area contributed by atoms with E-state index in [4.69, 9.17) is 4.74 Å². The second-order valence-electron chi connectivity index (χ2n) is 7.22. The number of nitriles is 1. The molecule has 0 radical (unpaired) electrons. The lowest BCUT2D eigenvalue weighted by atomic mass is 10.1. The van der Waals surface area contributed by atoms with E-state index in [9.17, 15) is 14.9 Å². The van der Waals surface area contributed by atoms with Crippen molar-refractivity contribution in [1.82, 2.24) is 14.9 Å². The minimum absolute atomic E-state index is 0.0384. The Morgan fingerprint density at radius 2 is 1.88 bits per heavy atom. The Labute approximate surface area is 187 Å². The maximum absolute atomic E-state index is 12.7. The van der Waals surface area contributed by atoms with Crippen LogP contribution in [0.15, 0.2) is 54.5 Å². The van der Waals surface area contributed by atoms with Gasteiger partial charge in [0.25, 0.3) is 5.91 Å². The maximum atomic E-state index is 12.7. The van der Waals surface area contributed by atoms with Crippen molar-refractivity contribution >= 4 is 23.5 Å². The fraction of sp³-hybridized carbons (Fsp3) is 0.348. The topological polar surface area (TPSA) is 111 Å². The minimum atomic E-state index is -0.574. The molecule has 9 nitrogen and oxygen atoms in total. The van der Waals surface area contributed by atoms with Crippen LogP contribution in [0.1, 0.15) is 30.1 Å². The Morgan fingerprint density at radius 3 is 2.56 bits per heavy atom. The standard InChI is InChI=1S/C23H26N6O3/c1-2-3-15-32-22(31)19-7-4-5-8-20(19)27-21(30)18(16-24)17-28-11-13-29(14-12-28)23-25-9-6-10-26-23/h4-10,17H,2-3,11-15H2,1H3,(H,27,30)/b18-17-. The molecule has 166 valence electrons. The molecule has 1 aromatic carbocycles. The van der Waals surface area contributed by atoms with Crippen LogP contribution in [0.25, 0.3) is 0 Å². The Balaban J connectivity index is 1.63. The summed E-state index contributed by atoms with van der Waals surface area (Å²) >= 11 is 0. The summed E-state index contributed by atoms with van der Waals surface area (Å²) in [6, 6.07) is 10.3. The number of benzene rings is 1. The highest BCUT2D eigenvalue weighted by atomic mass is 16.5. The van der Waals surface area contributed by atoms with E-state index in [2.05, 4.69) is 20.2 Å². The van der Waals surface area contributed by atoms with Gasteiger partial charge in [0.1, 0.15) is 11.6 Å². The molecule has 32 heavy (non-hydrogen) atoms. The van der Waals surface area contributed by atoms with E-state index in [0.717, 1.165) is 12.8 Å². The second kappa shape index (κ2) is 11.5. The zero-order chi connectivity index (χ0) is 22.8. The number of ether oxygens (including phenoxy) is 1. The van der Waals surface area contributed by atoms with Crippen molar-refractivity contribution < 1.29 is 14.3 Å². The maximum Gasteiger partial charge on any atom is 0.340 e. The summed E-state index contributed by atoms with van der Waals surface area (Å²) in [5.74, 6) is -0.414. The van der Waals surface area contributed by atoms with Gasteiger partial charge in [0.2, 0.25) is 5.95 Å². The SMILES string of the molecule is CCCCOC(=O)c1ccccc1NC(=O)/C(C#N)=C\N1CCN(c2ncccn2)CC1. The van der Waals surface area contributed by atoms with Gasteiger partial charge in [-0.3, -0.25) is 4.79 Å². The number of esters is 1. The summed E-state index contributed by atoms with van der Waals surface area (Å²) in [6.45, 7) is 4.92. The van der Waals surface area contributed by atoms with Crippen LogP contribution in [-0.4, -0.2) is 59.5 Å². The molecule has 1 fully saturated rings. The average Bonchev–Trinajstić information content (AvgIpc) is 2.84. The molecular formula is C23H26N6O3. The number of carbonyl (C=O) groups is 2. The molecule has 1 aromatic heterocycles. The number of carbonyl (C=O) groups excluding carboxylic acids is 2. The van der Waals surface area contributed by atoms with Gasteiger partial charge in [-0.25, -0.2) is 14.8 Å². The van der Waals surface area contributed by atoms with Gasteiger partial charge in [-0.2, -0.15) is 5.26 Å². The van der Waals surface area contributed by atoms with Crippen molar-refractivity contribution in [2.75, 3.05) is 43.0 Å². The number of hydrogen-bond donors (Lipinski definition) is 1. The Hall–Kier alpha value is -3.93. The first-order valence-electron chi connectivity index (χ1n) is 10.6. The molecule has 1 saturated heterocycles. The van der Waals surface area contributed by atoms with Crippen LogP contribution in [0.5, 0.6) is 0 Å². The fourth-order valence-corrected chi connectivity index (χ4v) is 3.17. The lowest BCUT2D eigenvalue weighted by Gasteiger charge is -2.34. The van der Waals surface area contributed by atoms with E-state index in [1.807, 2.05) is 17.9 Å². The fourth-order valence-electron chi connectivity index (χ4n) is 3.17. The van der Waals surface area contributed by atoms with Crippen molar-refractivity contribution in [2.45, 2.75) is 19.8 Å². The third kappa shape index (κ3) is 6.04. The number of hydrogen-bond acceptors (Lipinski definition) is 8. The van der Waals surface area contributed by atoms with Crippen molar-refractivity contribution in [3.8, 4) is 6.07 Å². The highest BCUT2D eigenvalue weighted by Crippen LogP contribution is 2.18. The predicted molar refractivity (Wildman–Crippen MR) is 120 cm³/mol. The van der Waals surface area contributed by atoms with Crippen LogP contribution in [0, 0.1) is 11.3 Å². The van der Waals surface area contributed by atoms with Gasteiger partial charge in [-0.05, 0) is 24.6 Å². The van der Waals surface area contributed by atoms with E-state index in [-0.39, 0.29) is 11.1 Å². The highest BCUT2D eigenvalue weighted by Gasteiger charge is 2.20. The number of piperazine rings is 1. The van der Waals surface area contributed by atoms with Crippen molar-refractivity contribution in [3.05, 3.63) is 60.1 Å². The molecule has 3 rings (SSSR count). The lowest BCUT2D eigenvalue weighted by molar-refractivity contribution is -0.112. The number of nitrogens with one attached hydrogen (secondary N) is 1. The molecule has 2 heterocycles. The Kier molecular flexibility index (Phi) is 8.15.